The third kappa shape index (κ3) is 3.76. The third-order valence-electron chi connectivity index (χ3n) is 2.62. The number of halogens is 2. The van der Waals surface area contributed by atoms with Crippen molar-refractivity contribution in [2.75, 3.05) is 5.33 Å². The van der Waals surface area contributed by atoms with Crippen molar-refractivity contribution < 1.29 is 4.74 Å². The van der Waals surface area contributed by atoms with Gasteiger partial charge < -0.3 is 4.74 Å². The molecule has 3 heteroatoms. The normalized spacial score (nSPS) is 10.3. The fraction of sp³-hybridized carbons (Fsp3) is 0.200. The molecule has 2 aromatic rings. The number of hydrogen-bond donors (Lipinski definition) is 0. The fourth-order valence-corrected chi connectivity index (χ4v) is 2.38. The summed E-state index contributed by atoms with van der Waals surface area (Å²) in [6.07, 6.45) is 0.971. The molecule has 0 atom stereocenters. The zero-order chi connectivity index (χ0) is 12.8. The van der Waals surface area contributed by atoms with Crippen molar-refractivity contribution in [2.45, 2.75) is 13.0 Å². The molecule has 0 saturated carbocycles. The molecule has 0 bridgehead atoms. The Balaban J connectivity index is 2.01. The molecule has 0 amide bonds. The summed E-state index contributed by atoms with van der Waals surface area (Å²) in [5.74, 6) is 0.735. The minimum Gasteiger partial charge on any atom is -0.487 e. The van der Waals surface area contributed by atoms with Crippen LogP contribution in [0.3, 0.4) is 0 Å². The van der Waals surface area contributed by atoms with Crippen molar-refractivity contribution in [1.82, 2.24) is 0 Å². The molecule has 0 radical (unpaired) electrons. The Kier molecular flexibility index (Phi) is 5.09. The van der Waals surface area contributed by atoms with E-state index in [9.17, 15) is 0 Å². The lowest BCUT2D eigenvalue weighted by Crippen LogP contribution is -1.96. The maximum Gasteiger partial charge on any atom is 0.138 e. The second kappa shape index (κ2) is 6.81. The van der Waals surface area contributed by atoms with E-state index in [1.54, 1.807) is 0 Å². The Morgan fingerprint density at radius 2 is 1.78 bits per heavy atom. The summed E-state index contributed by atoms with van der Waals surface area (Å²) in [5.41, 5.74) is 2.35. The van der Waals surface area contributed by atoms with Gasteiger partial charge >= 0.3 is 0 Å². The molecule has 0 aliphatic heterocycles. The van der Waals surface area contributed by atoms with Crippen LogP contribution in [-0.2, 0) is 13.0 Å². The van der Waals surface area contributed by atoms with Crippen LogP contribution in [0.1, 0.15) is 11.1 Å². The maximum absolute atomic E-state index is 6.19. The van der Waals surface area contributed by atoms with Crippen LogP contribution in [0, 0.1) is 0 Å². The van der Waals surface area contributed by atoms with Gasteiger partial charge in [-0.15, -0.1) is 0 Å². The van der Waals surface area contributed by atoms with Gasteiger partial charge in [-0.3, -0.25) is 0 Å². The SMILES string of the molecule is Clc1cc(CCBr)ccc1OCc1ccccc1. The predicted octanol–water partition coefficient (Wildman–Crippen LogP) is 4.86. The van der Waals surface area contributed by atoms with E-state index in [1.807, 2.05) is 48.5 Å². The Labute approximate surface area is 121 Å². The molecule has 18 heavy (non-hydrogen) atoms. The van der Waals surface area contributed by atoms with Gasteiger partial charge in [-0.2, -0.15) is 0 Å². The van der Waals surface area contributed by atoms with Crippen molar-refractivity contribution in [2.24, 2.45) is 0 Å². The predicted molar refractivity (Wildman–Crippen MR) is 79.7 cm³/mol. The van der Waals surface area contributed by atoms with Crippen molar-refractivity contribution >= 4 is 27.5 Å². The molecule has 2 aromatic carbocycles. The first-order valence-corrected chi connectivity index (χ1v) is 7.30. The number of aryl methyl sites for hydroxylation is 1. The van der Waals surface area contributed by atoms with Crippen molar-refractivity contribution in [3.63, 3.8) is 0 Å². The average Bonchev–Trinajstić information content (AvgIpc) is 2.39. The lowest BCUT2D eigenvalue weighted by Gasteiger charge is -2.09. The standard InChI is InChI=1S/C15H14BrClO/c16-9-8-12-6-7-15(14(17)10-12)18-11-13-4-2-1-3-5-13/h1-7,10H,8-9,11H2. The number of alkyl halides is 1. The van der Waals surface area contributed by atoms with Gasteiger partial charge in [-0.25, -0.2) is 0 Å². The van der Waals surface area contributed by atoms with Crippen LogP contribution in [0.4, 0.5) is 0 Å². The lowest BCUT2D eigenvalue weighted by atomic mass is 10.2. The number of rotatable bonds is 5. The molecule has 0 heterocycles. The summed E-state index contributed by atoms with van der Waals surface area (Å²) in [6, 6.07) is 16.0. The number of hydrogen-bond acceptors (Lipinski definition) is 1. The smallest absolute Gasteiger partial charge is 0.138 e. The Hall–Kier alpha value is -0.990. The molecule has 0 saturated heterocycles. The maximum atomic E-state index is 6.19. The van der Waals surface area contributed by atoms with E-state index in [-0.39, 0.29) is 0 Å². The van der Waals surface area contributed by atoms with E-state index >= 15 is 0 Å². The Morgan fingerprint density at radius 1 is 1.00 bits per heavy atom. The molecule has 0 spiro atoms. The van der Waals surface area contributed by atoms with Crippen LogP contribution in [0.25, 0.3) is 0 Å². The summed E-state index contributed by atoms with van der Waals surface area (Å²) in [6.45, 7) is 0.540. The highest BCUT2D eigenvalue weighted by Gasteiger charge is 2.03. The molecule has 0 aromatic heterocycles. The number of ether oxygens (including phenoxy) is 1. The summed E-state index contributed by atoms with van der Waals surface area (Å²) < 4.78 is 5.71. The average molecular weight is 326 g/mol. The minimum atomic E-state index is 0.540. The van der Waals surface area contributed by atoms with Gasteiger partial charge in [-0.1, -0.05) is 63.9 Å². The summed E-state index contributed by atoms with van der Waals surface area (Å²) in [7, 11) is 0. The van der Waals surface area contributed by atoms with Crippen molar-refractivity contribution in [3.8, 4) is 5.75 Å². The zero-order valence-corrected chi connectivity index (χ0v) is 12.2. The van der Waals surface area contributed by atoms with Crippen LogP contribution >= 0.6 is 27.5 Å². The van der Waals surface area contributed by atoms with E-state index in [2.05, 4.69) is 15.9 Å². The van der Waals surface area contributed by atoms with E-state index in [0.717, 1.165) is 23.1 Å². The number of benzene rings is 2. The van der Waals surface area contributed by atoms with Crippen LogP contribution < -0.4 is 4.74 Å². The molecule has 0 unspecified atom stereocenters. The van der Waals surface area contributed by atoms with Gasteiger partial charge in [0.2, 0.25) is 0 Å². The first-order valence-electron chi connectivity index (χ1n) is 5.80. The van der Waals surface area contributed by atoms with Crippen LogP contribution in [0.15, 0.2) is 48.5 Å². The highest BCUT2D eigenvalue weighted by atomic mass is 79.9. The third-order valence-corrected chi connectivity index (χ3v) is 3.31. The topological polar surface area (TPSA) is 9.23 Å². The molecule has 0 aliphatic carbocycles. The Morgan fingerprint density at radius 3 is 2.44 bits per heavy atom. The molecule has 0 N–H and O–H groups in total. The van der Waals surface area contributed by atoms with Crippen molar-refractivity contribution in [1.29, 1.82) is 0 Å². The second-order valence-corrected chi connectivity index (χ2v) is 5.18. The van der Waals surface area contributed by atoms with Crippen LogP contribution in [0.5, 0.6) is 5.75 Å². The quantitative estimate of drug-likeness (QED) is 0.714. The molecular weight excluding hydrogens is 312 g/mol. The first-order chi connectivity index (χ1) is 8.79. The first kappa shape index (κ1) is 13.4. The van der Waals surface area contributed by atoms with E-state index < -0.39 is 0 Å². The summed E-state index contributed by atoms with van der Waals surface area (Å²) >= 11 is 9.61. The lowest BCUT2D eigenvalue weighted by molar-refractivity contribution is 0.306. The van der Waals surface area contributed by atoms with Crippen molar-refractivity contribution in [3.05, 3.63) is 64.7 Å². The molecule has 0 aliphatic rings. The van der Waals surface area contributed by atoms with E-state index in [0.29, 0.717) is 11.6 Å². The van der Waals surface area contributed by atoms with Crippen LogP contribution in [0.2, 0.25) is 5.02 Å². The van der Waals surface area contributed by atoms with Gasteiger partial charge in [0.1, 0.15) is 12.4 Å². The van der Waals surface area contributed by atoms with Gasteiger partial charge in [0.15, 0.2) is 0 Å². The Bertz CT molecular complexity index is 499. The van der Waals surface area contributed by atoms with E-state index in [1.165, 1.54) is 5.56 Å². The molecule has 0 fully saturated rings. The van der Waals surface area contributed by atoms with Gasteiger partial charge in [0.05, 0.1) is 5.02 Å². The zero-order valence-electron chi connectivity index (χ0n) is 9.90. The largest absolute Gasteiger partial charge is 0.487 e. The van der Waals surface area contributed by atoms with E-state index in [4.69, 9.17) is 16.3 Å². The highest BCUT2D eigenvalue weighted by Crippen LogP contribution is 2.26. The molecule has 94 valence electrons. The monoisotopic (exact) mass is 324 g/mol. The molecule has 2 rings (SSSR count). The van der Waals surface area contributed by atoms with Gasteiger partial charge in [-0.05, 0) is 29.7 Å². The molecule has 1 nitrogen and oxygen atoms in total. The fourth-order valence-electron chi connectivity index (χ4n) is 1.66. The minimum absolute atomic E-state index is 0.540. The summed E-state index contributed by atoms with van der Waals surface area (Å²) in [4.78, 5) is 0. The highest BCUT2D eigenvalue weighted by molar-refractivity contribution is 9.09. The molecular formula is C15H14BrClO. The second-order valence-electron chi connectivity index (χ2n) is 3.98. The van der Waals surface area contributed by atoms with Crippen LogP contribution in [-0.4, -0.2) is 5.33 Å². The summed E-state index contributed by atoms with van der Waals surface area (Å²) in [5, 5.41) is 1.61. The van der Waals surface area contributed by atoms with Gasteiger partial charge in [0.25, 0.3) is 0 Å². The van der Waals surface area contributed by atoms with Gasteiger partial charge in [0, 0.05) is 5.33 Å².